The number of aryl methyl sites for hydroxylation is 1. The lowest BCUT2D eigenvalue weighted by Gasteiger charge is -2.31. The van der Waals surface area contributed by atoms with Crippen LogP contribution in [0.1, 0.15) is 30.9 Å². The van der Waals surface area contributed by atoms with Crippen LogP contribution in [-0.2, 0) is 6.54 Å². The summed E-state index contributed by atoms with van der Waals surface area (Å²) in [6.07, 6.45) is 2.55. The lowest BCUT2D eigenvalue weighted by atomic mass is 10.0. The molecule has 0 spiro atoms. The van der Waals surface area contributed by atoms with Crippen LogP contribution in [0.3, 0.4) is 0 Å². The van der Waals surface area contributed by atoms with Crippen LogP contribution >= 0.6 is 15.9 Å². The Hall–Kier alpha value is -0.380. The van der Waals surface area contributed by atoms with E-state index in [1.807, 2.05) is 0 Å². The SMILES string of the molecule is CCN1CCC(NCc2ccc(C)cc2Br)CC1. The van der Waals surface area contributed by atoms with Crippen molar-refractivity contribution in [2.45, 2.75) is 39.3 Å². The number of likely N-dealkylation sites (tertiary alicyclic amines) is 1. The molecule has 0 bridgehead atoms. The van der Waals surface area contributed by atoms with Crippen molar-refractivity contribution in [2.24, 2.45) is 0 Å². The first-order chi connectivity index (χ1) is 8.69. The number of hydrogen-bond acceptors (Lipinski definition) is 2. The van der Waals surface area contributed by atoms with E-state index in [0.717, 1.165) is 6.54 Å². The highest BCUT2D eigenvalue weighted by Gasteiger charge is 2.17. The molecule has 1 heterocycles. The second kappa shape index (κ2) is 6.69. The molecule has 100 valence electrons. The normalized spacial score (nSPS) is 18.2. The predicted molar refractivity (Wildman–Crippen MR) is 80.9 cm³/mol. The van der Waals surface area contributed by atoms with E-state index in [4.69, 9.17) is 0 Å². The summed E-state index contributed by atoms with van der Waals surface area (Å²) >= 11 is 3.64. The average molecular weight is 311 g/mol. The third-order valence-corrected chi connectivity index (χ3v) is 4.56. The summed E-state index contributed by atoms with van der Waals surface area (Å²) in [7, 11) is 0. The molecule has 0 aliphatic carbocycles. The summed E-state index contributed by atoms with van der Waals surface area (Å²) in [4.78, 5) is 2.53. The first-order valence-electron chi connectivity index (χ1n) is 6.90. The van der Waals surface area contributed by atoms with Crippen molar-refractivity contribution in [3.8, 4) is 0 Å². The van der Waals surface area contributed by atoms with Crippen LogP contribution in [0.2, 0.25) is 0 Å². The second-order valence-corrected chi connectivity index (χ2v) is 6.04. The summed E-state index contributed by atoms with van der Waals surface area (Å²) in [5.74, 6) is 0. The molecule has 0 atom stereocenters. The largest absolute Gasteiger partial charge is 0.310 e. The Morgan fingerprint density at radius 3 is 2.67 bits per heavy atom. The summed E-state index contributed by atoms with van der Waals surface area (Å²) < 4.78 is 1.22. The molecule has 1 aliphatic rings. The highest BCUT2D eigenvalue weighted by molar-refractivity contribution is 9.10. The first-order valence-corrected chi connectivity index (χ1v) is 7.69. The summed E-state index contributed by atoms with van der Waals surface area (Å²) in [5.41, 5.74) is 2.67. The zero-order chi connectivity index (χ0) is 13.0. The van der Waals surface area contributed by atoms with E-state index in [1.54, 1.807) is 0 Å². The minimum atomic E-state index is 0.681. The van der Waals surface area contributed by atoms with Crippen molar-refractivity contribution < 1.29 is 0 Å². The summed E-state index contributed by atoms with van der Waals surface area (Å²) in [5, 5.41) is 3.69. The molecule has 0 aromatic heterocycles. The standard InChI is InChI=1S/C15H23BrN2/c1-3-18-8-6-14(7-9-18)17-11-13-5-4-12(2)10-15(13)16/h4-5,10,14,17H,3,6-9,11H2,1-2H3. The molecular weight excluding hydrogens is 288 g/mol. The van der Waals surface area contributed by atoms with Gasteiger partial charge < -0.3 is 10.2 Å². The van der Waals surface area contributed by atoms with E-state index in [1.165, 1.54) is 48.1 Å². The van der Waals surface area contributed by atoms with Crippen molar-refractivity contribution in [3.63, 3.8) is 0 Å². The maximum Gasteiger partial charge on any atom is 0.0222 e. The molecular formula is C15H23BrN2. The van der Waals surface area contributed by atoms with Gasteiger partial charge in [-0.2, -0.15) is 0 Å². The molecule has 2 nitrogen and oxygen atoms in total. The van der Waals surface area contributed by atoms with Gasteiger partial charge in [0.1, 0.15) is 0 Å². The van der Waals surface area contributed by atoms with E-state index in [-0.39, 0.29) is 0 Å². The fourth-order valence-corrected chi connectivity index (χ4v) is 3.14. The van der Waals surface area contributed by atoms with E-state index < -0.39 is 0 Å². The number of nitrogens with zero attached hydrogens (tertiary/aromatic N) is 1. The molecule has 18 heavy (non-hydrogen) atoms. The quantitative estimate of drug-likeness (QED) is 0.917. The van der Waals surface area contributed by atoms with Crippen LogP contribution in [0.15, 0.2) is 22.7 Å². The van der Waals surface area contributed by atoms with E-state index in [0.29, 0.717) is 6.04 Å². The molecule has 1 fully saturated rings. The number of halogens is 1. The van der Waals surface area contributed by atoms with Crippen LogP contribution < -0.4 is 5.32 Å². The monoisotopic (exact) mass is 310 g/mol. The molecule has 2 rings (SSSR count). The van der Waals surface area contributed by atoms with Gasteiger partial charge >= 0.3 is 0 Å². The number of benzene rings is 1. The van der Waals surface area contributed by atoms with Crippen molar-refractivity contribution in [2.75, 3.05) is 19.6 Å². The maximum atomic E-state index is 3.69. The molecule has 1 saturated heterocycles. The average Bonchev–Trinajstić information content (AvgIpc) is 2.38. The third-order valence-electron chi connectivity index (χ3n) is 3.82. The van der Waals surface area contributed by atoms with Gasteiger partial charge in [0.25, 0.3) is 0 Å². The predicted octanol–water partition coefficient (Wildman–Crippen LogP) is 3.33. The van der Waals surface area contributed by atoms with Gasteiger partial charge in [-0.1, -0.05) is 35.0 Å². The van der Waals surface area contributed by atoms with Gasteiger partial charge in [0.2, 0.25) is 0 Å². The molecule has 0 radical (unpaired) electrons. The van der Waals surface area contributed by atoms with Gasteiger partial charge in [-0.3, -0.25) is 0 Å². The smallest absolute Gasteiger partial charge is 0.0222 e. The van der Waals surface area contributed by atoms with Gasteiger partial charge in [-0.05, 0) is 56.6 Å². The lowest BCUT2D eigenvalue weighted by Crippen LogP contribution is -2.42. The van der Waals surface area contributed by atoms with Gasteiger partial charge in [0, 0.05) is 17.1 Å². The molecule has 1 aromatic carbocycles. The molecule has 1 N–H and O–H groups in total. The Morgan fingerprint density at radius 2 is 2.06 bits per heavy atom. The second-order valence-electron chi connectivity index (χ2n) is 5.18. The Labute approximate surface area is 119 Å². The zero-order valence-corrected chi connectivity index (χ0v) is 13.0. The van der Waals surface area contributed by atoms with Gasteiger partial charge in [0.15, 0.2) is 0 Å². The number of nitrogens with one attached hydrogen (secondary N) is 1. The van der Waals surface area contributed by atoms with Crippen LogP contribution in [0, 0.1) is 6.92 Å². The van der Waals surface area contributed by atoms with Crippen molar-refractivity contribution in [1.29, 1.82) is 0 Å². The van der Waals surface area contributed by atoms with Crippen LogP contribution in [0.5, 0.6) is 0 Å². The highest BCUT2D eigenvalue weighted by Crippen LogP contribution is 2.19. The number of rotatable bonds is 4. The minimum Gasteiger partial charge on any atom is -0.310 e. The third kappa shape index (κ3) is 3.81. The van der Waals surface area contributed by atoms with Crippen LogP contribution in [0.25, 0.3) is 0 Å². The van der Waals surface area contributed by atoms with Gasteiger partial charge in [-0.25, -0.2) is 0 Å². The fraction of sp³-hybridized carbons (Fsp3) is 0.600. The topological polar surface area (TPSA) is 15.3 Å². The van der Waals surface area contributed by atoms with Crippen LogP contribution in [-0.4, -0.2) is 30.6 Å². The Balaban J connectivity index is 1.81. The Kier molecular flexibility index (Phi) is 5.22. The molecule has 0 saturated carbocycles. The Morgan fingerprint density at radius 1 is 1.33 bits per heavy atom. The molecule has 1 aromatic rings. The van der Waals surface area contributed by atoms with Gasteiger partial charge in [-0.15, -0.1) is 0 Å². The molecule has 0 unspecified atom stereocenters. The minimum absolute atomic E-state index is 0.681. The van der Waals surface area contributed by atoms with Crippen molar-refractivity contribution in [3.05, 3.63) is 33.8 Å². The first kappa shape index (κ1) is 14.0. The van der Waals surface area contributed by atoms with Gasteiger partial charge in [0.05, 0.1) is 0 Å². The van der Waals surface area contributed by atoms with Crippen molar-refractivity contribution >= 4 is 15.9 Å². The highest BCUT2D eigenvalue weighted by atomic mass is 79.9. The lowest BCUT2D eigenvalue weighted by molar-refractivity contribution is 0.206. The van der Waals surface area contributed by atoms with E-state index in [9.17, 15) is 0 Å². The molecule has 3 heteroatoms. The maximum absolute atomic E-state index is 3.69. The summed E-state index contributed by atoms with van der Waals surface area (Å²) in [6.45, 7) is 9.01. The number of hydrogen-bond donors (Lipinski definition) is 1. The van der Waals surface area contributed by atoms with E-state index >= 15 is 0 Å². The Bertz CT molecular complexity index is 384. The van der Waals surface area contributed by atoms with Crippen molar-refractivity contribution in [1.82, 2.24) is 10.2 Å². The fourth-order valence-electron chi connectivity index (χ4n) is 2.50. The summed E-state index contributed by atoms with van der Waals surface area (Å²) in [6, 6.07) is 7.27. The van der Waals surface area contributed by atoms with E-state index in [2.05, 4.69) is 58.2 Å². The van der Waals surface area contributed by atoms with Crippen LogP contribution in [0.4, 0.5) is 0 Å². The molecule has 0 amide bonds. The number of piperidine rings is 1. The molecule has 1 aliphatic heterocycles. The zero-order valence-electron chi connectivity index (χ0n) is 11.4.